The quantitative estimate of drug-likeness (QED) is 0.909. The van der Waals surface area contributed by atoms with Crippen LogP contribution < -0.4 is 10.6 Å². The molecular weight excluding hydrogens is 246 g/mol. The minimum absolute atomic E-state index is 0.584. The van der Waals surface area contributed by atoms with E-state index in [9.17, 15) is 0 Å². The number of piperazine rings is 1. The first-order valence-electron chi connectivity index (χ1n) is 6.55. The van der Waals surface area contributed by atoms with E-state index in [0.29, 0.717) is 12.6 Å². The lowest BCUT2D eigenvalue weighted by atomic mass is 10.1. The molecule has 0 saturated carbocycles. The first kappa shape index (κ1) is 13.7. The number of halogens is 1. The van der Waals surface area contributed by atoms with Gasteiger partial charge in [-0.3, -0.25) is 0 Å². The zero-order chi connectivity index (χ0) is 13.1. The van der Waals surface area contributed by atoms with Gasteiger partial charge in [-0.2, -0.15) is 0 Å². The molecule has 4 heteroatoms. The van der Waals surface area contributed by atoms with E-state index in [0.717, 1.165) is 36.6 Å². The normalized spacial score (nSPS) is 21.3. The van der Waals surface area contributed by atoms with Crippen LogP contribution in [-0.2, 0) is 6.42 Å². The molecule has 0 spiro atoms. The van der Waals surface area contributed by atoms with E-state index in [4.69, 9.17) is 17.3 Å². The first-order chi connectivity index (χ1) is 8.61. The molecule has 0 bridgehead atoms. The van der Waals surface area contributed by atoms with Crippen molar-refractivity contribution >= 4 is 17.3 Å². The second-order valence-corrected chi connectivity index (χ2v) is 5.50. The van der Waals surface area contributed by atoms with Crippen molar-refractivity contribution in [2.24, 2.45) is 5.73 Å². The molecule has 0 radical (unpaired) electrons. The van der Waals surface area contributed by atoms with Crippen LogP contribution in [0.5, 0.6) is 0 Å². The Morgan fingerprint density at radius 2 is 2.17 bits per heavy atom. The molecule has 1 atom stereocenters. The third kappa shape index (κ3) is 2.97. The van der Waals surface area contributed by atoms with E-state index < -0.39 is 0 Å². The summed E-state index contributed by atoms with van der Waals surface area (Å²) >= 11 is 6.30. The first-order valence-corrected chi connectivity index (χ1v) is 6.93. The summed E-state index contributed by atoms with van der Waals surface area (Å²) in [5, 5.41) is 0.838. The van der Waals surface area contributed by atoms with Crippen LogP contribution in [0.4, 0.5) is 5.69 Å². The molecule has 1 saturated heterocycles. The van der Waals surface area contributed by atoms with E-state index in [1.54, 1.807) is 0 Å². The molecule has 2 rings (SSSR count). The molecule has 1 aromatic carbocycles. The van der Waals surface area contributed by atoms with Gasteiger partial charge in [0.2, 0.25) is 0 Å². The molecule has 1 heterocycles. The molecule has 0 amide bonds. The average Bonchev–Trinajstić information content (AvgIpc) is 2.35. The standard InChI is InChI=1S/C14H22ClN3/c1-11-10-18(8-7-17(11)2)13-4-3-12(5-6-16)14(15)9-13/h3-4,9,11H,5-8,10,16H2,1-2H3. The third-order valence-electron chi connectivity index (χ3n) is 3.78. The number of hydrogen-bond donors (Lipinski definition) is 1. The number of rotatable bonds is 3. The summed E-state index contributed by atoms with van der Waals surface area (Å²) in [5.74, 6) is 0. The van der Waals surface area contributed by atoms with Gasteiger partial charge in [0.05, 0.1) is 0 Å². The molecular formula is C14H22ClN3. The lowest BCUT2D eigenvalue weighted by molar-refractivity contribution is 0.234. The minimum Gasteiger partial charge on any atom is -0.369 e. The van der Waals surface area contributed by atoms with Gasteiger partial charge in [0.15, 0.2) is 0 Å². The SMILES string of the molecule is CC1CN(c2ccc(CCN)c(Cl)c2)CCN1C. The van der Waals surface area contributed by atoms with Crippen molar-refractivity contribution in [2.45, 2.75) is 19.4 Å². The van der Waals surface area contributed by atoms with E-state index >= 15 is 0 Å². The molecule has 3 nitrogen and oxygen atoms in total. The number of anilines is 1. The molecule has 0 aromatic heterocycles. The van der Waals surface area contributed by atoms with Crippen molar-refractivity contribution in [3.63, 3.8) is 0 Å². The molecule has 2 N–H and O–H groups in total. The van der Waals surface area contributed by atoms with E-state index in [2.05, 4.69) is 42.0 Å². The lowest BCUT2D eigenvalue weighted by Gasteiger charge is -2.39. The predicted octanol–water partition coefficient (Wildman–Crippen LogP) is 1.98. The van der Waals surface area contributed by atoms with Gasteiger partial charge in [0.1, 0.15) is 0 Å². The Kier molecular flexibility index (Phi) is 4.49. The number of nitrogens with two attached hydrogens (primary N) is 1. The average molecular weight is 268 g/mol. The Hall–Kier alpha value is -0.770. The Morgan fingerprint density at radius 1 is 1.39 bits per heavy atom. The monoisotopic (exact) mass is 267 g/mol. The van der Waals surface area contributed by atoms with Crippen molar-refractivity contribution < 1.29 is 0 Å². The number of hydrogen-bond acceptors (Lipinski definition) is 3. The van der Waals surface area contributed by atoms with Crippen molar-refractivity contribution in [3.05, 3.63) is 28.8 Å². The van der Waals surface area contributed by atoms with Crippen molar-refractivity contribution in [2.75, 3.05) is 38.1 Å². The number of likely N-dealkylation sites (N-methyl/N-ethyl adjacent to an activating group) is 1. The summed E-state index contributed by atoms with van der Waals surface area (Å²) in [5.41, 5.74) is 7.94. The molecule has 1 aromatic rings. The fourth-order valence-electron chi connectivity index (χ4n) is 2.37. The van der Waals surface area contributed by atoms with Gasteiger partial charge in [0, 0.05) is 36.4 Å². The lowest BCUT2D eigenvalue weighted by Crippen LogP contribution is -2.50. The Morgan fingerprint density at radius 3 is 2.78 bits per heavy atom. The van der Waals surface area contributed by atoms with Gasteiger partial charge in [-0.05, 0) is 44.6 Å². The number of benzene rings is 1. The topological polar surface area (TPSA) is 32.5 Å². The number of nitrogens with zero attached hydrogens (tertiary/aromatic N) is 2. The second-order valence-electron chi connectivity index (χ2n) is 5.09. The highest BCUT2D eigenvalue weighted by atomic mass is 35.5. The van der Waals surface area contributed by atoms with Crippen LogP contribution >= 0.6 is 11.6 Å². The van der Waals surface area contributed by atoms with Gasteiger partial charge in [-0.1, -0.05) is 17.7 Å². The summed E-state index contributed by atoms with van der Waals surface area (Å²) in [6.07, 6.45) is 0.845. The highest BCUT2D eigenvalue weighted by molar-refractivity contribution is 6.31. The van der Waals surface area contributed by atoms with Crippen LogP contribution in [0.2, 0.25) is 5.02 Å². The summed E-state index contributed by atoms with van der Waals surface area (Å²) < 4.78 is 0. The maximum Gasteiger partial charge on any atom is 0.0459 e. The van der Waals surface area contributed by atoms with E-state index in [1.165, 1.54) is 5.69 Å². The largest absolute Gasteiger partial charge is 0.369 e. The Bertz CT molecular complexity index is 408. The minimum atomic E-state index is 0.584. The van der Waals surface area contributed by atoms with Crippen molar-refractivity contribution in [1.29, 1.82) is 0 Å². The zero-order valence-electron chi connectivity index (χ0n) is 11.2. The molecule has 0 aliphatic carbocycles. The highest BCUT2D eigenvalue weighted by Gasteiger charge is 2.21. The second kappa shape index (κ2) is 5.91. The van der Waals surface area contributed by atoms with Crippen LogP contribution in [0, 0.1) is 0 Å². The van der Waals surface area contributed by atoms with Gasteiger partial charge < -0.3 is 15.5 Å². The summed E-state index contributed by atoms with van der Waals surface area (Å²) in [6, 6.07) is 6.92. The van der Waals surface area contributed by atoms with Crippen LogP contribution in [0.1, 0.15) is 12.5 Å². The third-order valence-corrected chi connectivity index (χ3v) is 4.13. The van der Waals surface area contributed by atoms with Crippen LogP contribution in [0.3, 0.4) is 0 Å². The Balaban J connectivity index is 2.12. The van der Waals surface area contributed by atoms with Gasteiger partial charge in [-0.15, -0.1) is 0 Å². The summed E-state index contributed by atoms with van der Waals surface area (Å²) in [7, 11) is 2.18. The molecule has 1 fully saturated rings. The maximum absolute atomic E-state index is 6.30. The van der Waals surface area contributed by atoms with Gasteiger partial charge >= 0.3 is 0 Å². The smallest absolute Gasteiger partial charge is 0.0459 e. The predicted molar refractivity (Wildman–Crippen MR) is 78.5 cm³/mol. The summed E-state index contributed by atoms with van der Waals surface area (Å²) in [4.78, 5) is 4.80. The molecule has 1 aliphatic rings. The molecule has 18 heavy (non-hydrogen) atoms. The van der Waals surface area contributed by atoms with Crippen LogP contribution in [0.15, 0.2) is 18.2 Å². The fourth-order valence-corrected chi connectivity index (χ4v) is 2.64. The maximum atomic E-state index is 6.30. The van der Waals surface area contributed by atoms with Crippen LogP contribution in [0.25, 0.3) is 0 Å². The Labute approximate surface area is 115 Å². The van der Waals surface area contributed by atoms with Crippen LogP contribution in [-0.4, -0.2) is 44.2 Å². The van der Waals surface area contributed by atoms with Gasteiger partial charge in [0.25, 0.3) is 0 Å². The van der Waals surface area contributed by atoms with E-state index in [1.807, 2.05) is 0 Å². The fraction of sp³-hybridized carbons (Fsp3) is 0.571. The van der Waals surface area contributed by atoms with Crippen molar-refractivity contribution in [1.82, 2.24) is 4.90 Å². The molecule has 1 aliphatic heterocycles. The molecule has 100 valence electrons. The summed E-state index contributed by atoms with van der Waals surface area (Å²) in [6.45, 7) is 6.13. The molecule has 1 unspecified atom stereocenters. The van der Waals surface area contributed by atoms with E-state index in [-0.39, 0.29) is 0 Å². The van der Waals surface area contributed by atoms with Crippen molar-refractivity contribution in [3.8, 4) is 0 Å². The highest BCUT2D eigenvalue weighted by Crippen LogP contribution is 2.25. The zero-order valence-corrected chi connectivity index (χ0v) is 12.0. The van der Waals surface area contributed by atoms with Gasteiger partial charge in [-0.25, -0.2) is 0 Å².